The maximum absolute atomic E-state index is 13.1. The molecule has 19 nitrogen and oxygen atoms in total. The summed E-state index contributed by atoms with van der Waals surface area (Å²) in [6.07, 6.45) is 12.2. The van der Waals surface area contributed by atoms with Crippen LogP contribution in [0.4, 0.5) is 32.3 Å². The number of hydrogen-bond donors (Lipinski definition) is 7. The van der Waals surface area contributed by atoms with Gasteiger partial charge >= 0.3 is 12.1 Å². The number of benzene rings is 7. The number of hydrogen-bond acceptors (Lipinski definition) is 10. The van der Waals surface area contributed by atoms with Gasteiger partial charge in [-0.2, -0.15) is 5.10 Å². The van der Waals surface area contributed by atoms with Gasteiger partial charge < -0.3 is 51.3 Å². The molecule has 0 saturated carbocycles. The molecule has 11 rings (SSSR count). The summed E-state index contributed by atoms with van der Waals surface area (Å²) >= 11 is 0. The van der Waals surface area contributed by atoms with Crippen molar-refractivity contribution < 1.29 is 33.4 Å². The van der Waals surface area contributed by atoms with E-state index in [1.54, 1.807) is 78.9 Å². The van der Waals surface area contributed by atoms with E-state index in [0.717, 1.165) is 74.7 Å². The van der Waals surface area contributed by atoms with Crippen LogP contribution in [0.5, 0.6) is 23.0 Å². The van der Waals surface area contributed by atoms with E-state index in [1.807, 2.05) is 106 Å². The lowest BCUT2D eigenvalue weighted by Gasteiger charge is -2.25. The Morgan fingerprint density at radius 3 is 1.66 bits per heavy atom. The summed E-state index contributed by atoms with van der Waals surface area (Å²) in [5.74, 6) is 1.35. The monoisotopic (exact) mass is 1240 g/mol. The van der Waals surface area contributed by atoms with Gasteiger partial charge in [0.15, 0.2) is 0 Å². The number of nitrogens with zero attached hydrogens (tertiary/aromatic N) is 5. The van der Waals surface area contributed by atoms with E-state index in [1.165, 1.54) is 55.6 Å². The molecule has 0 aliphatic carbocycles. The van der Waals surface area contributed by atoms with E-state index in [-0.39, 0.29) is 47.4 Å². The van der Waals surface area contributed by atoms with Gasteiger partial charge in [0.05, 0.1) is 22.5 Å². The quantitative estimate of drug-likeness (QED) is 0.0361. The Morgan fingerprint density at radius 1 is 0.533 bits per heavy atom. The highest BCUT2D eigenvalue weighted by Gasteiger charge is 2.20. The Balaban J connectivity index is 0.000000202. The van der Waals surface area contributed by atoms with Gasteiger partial charge in [-0.3, -0.25) is 24.2 Å². The zero-order chi connectivity index (χ0) is 64.5. The minimum atomic E-state index is -0.357. The fraction of sp³-hybridized carbons (Fsp3) is 0.288. The molecule has 2 aliphatic heterocycles. The number of amides is 7. The SMILES string of the molecule is CCC(CC)NC(=O)Nc1ccc(Oc2ccc(NC(=O)c3ccc(-n4ccc(CN5CCCCC5)n4)cc3)cc2)c(C(=O)NC)c1.Cc1cc(NC(=O)c2ccc(-n3cc(CN4CCCC4)c4ccccc43)cc2)ccc1Oc1ccc(NC(=O)NC(C)C)cc1. The van der Waals surface area contributed by atoms with E-state index >= 15 is 0 Å². The molecular weight excluding hydrogens is 1160 g/mol. The van der Waals surface area contributed by atoms with E-state index < -0.39 is 0 Å². The Bertz CT molecular complexity index is 3980. The van der Waals surface area contributed by atoms with Crippen molar-refractivity contribution in [3.63, 3.8) is 0 Å². The zero-order valence-electron chi connectivity index (χ0n) is 53.2. The lowest BCUT2D eigenvalue weighted by atomic mass is 10.1. The zero-order valence-corrected chi connectivity index (χ0v) is 53.2. The Hall–Kier alpha value is -10.2. The van der Waals surface area contributed by atoms with Gasteiger partial charge in [0.2, 0.25) is 0 Å². The topological polar surface area (TPSA) is 217 Å². The molecule has 2 aliphatic rings. The second kappa shape index (κ2) is 31.0. The summed E-state index contributed by atoms with van der Waals surface area (Å²) in [6, 6.07) is 49.7. The van der Waals surface area contributed by atoms with Crippen LogP contribution in [0.1, 0.15) is 121 Å². The number of urea groups is 2. The van der Waals surface area contributed by atoms with Crippen molar-refractivity contribution >= 4 is 63.4 Å². The van der Waals surface area contributed by atoms with Crippen LogP contribution in [0, 0.1) is 6.92 Å². The highest BCUT2D eigenvalue weighted by Crippen LogP contribution is 2.32. The molecule has 0 radical (unpaired) electrons. The van der Waals surface area contributed by atoms with Crippen LogP contribution in [0.2, 0.25) is 0 Å². The Labute approximate surface area is 537 Å². The summed E-state index contributed by atoms with van der Waals surface area (Å²) in [6.45, 7) is 16.1. The van der Waals surface area contributed by atoms with E-state index in [0.29, 0.717) is 56.9 Å². The van der Waals surface area contributed by atoms with E-state index in [9.17, 15) is 24.0 Å². The Kier molecular flexibility index (Phi) is 21.8. The predicted octanol–water partition coefficient (Wildman–Crippen LogP) is 14.7. The van der Waals surface area contributed by atoms with Gasteiger partial charge in [0, 0.05) is 89.6 Å². The molecule has 9 aromatic rings. The van der Waals surface area contributed by atoms with Gasteiger partial charge in [-0.1, -0.05) is 38.5 Å². The number of ether oxygens (including phenoxy) is 2. The van der Waals surface area contributed by atoms with Gasteiger partial charge in [-0.05, 0) is 242 Å². The molecule has 0 unspecified atom stereocenters. The van der Waals surface area contributed by atoms with Gasteiger partial charge in [-0.15, -0.1) is 0 Å². The third-order valence-electron chi connectivity index (χ3n) is 16.2. The van der Waals surface area contributed by atoms with Crippen molar-refractivity contribution in [1.29, 1.82) is 0 Å². The maximum Gasteiger partial charge on any atom is 0.319 e. The molecule has 476 valence electrons. The third-order valence-corrected chi connectivity index (χ3v) is 16.2. The number of para-hydroxylation sites is 1. The van der Waals surface area contributed by atoms with Crippen molar-refractivity contribution in [2.24, 2.45) is 0 Å². The molecule has 2 aromatic heterocycles. The van der Waals surface area contributed by atoms with Crippen LogP contribution >= 0.6 is 0 Å². The number of carbonyl (C=O) groups is 5. The first-order chi connectivity index (χ1) is 44.7. The van der Waals surface area contributed by atoms with Gasteiger partial charge in [0.1, 0.15) is 23.0 Å². The van der Waals surface area contributed by atoms with Gasteiger partial charge in [0.25, 0.3) is 17.7 Å². The Morgan fingerprint density at radius 2 is 1.05 bits per heavy atom. The fourth-order valence-electron chi connectivity index (χ4n) is 11.2. The second-order valence-electron chi connectivity index (χ2n) is 23.5. The van der Waals surface area contributed by atoms with Crippen LogP contribution < -0.4 is 46.7 Å². The lowest BCUT2D eigenvalue weighted by Crippen LogP contribution is -2.37. The molecule has 0 atom stereocenters. The minimum absolute atomic E-state index is 0.0538. The number of carbonyl (C=O) groups excluding carboxylic acids is 5. The molecule has 2 fully saturated rings. The average Bonchev–Trinajstić information content (AvgIpc) is 1.68. The number of aromatic nitrogens is 3. The third kappa shape index (κ3) is 17.4. The molecule has 92 heavy (non-hydrogen) atoms. The first-order valence-electron chi connectivity index (χ1n) is 31.8. The number of likely N-dealkylation sites (tertiary alicyclic amines) is 2. The molecule has 7 N–H and O–H groups in total. The van der Waals surface area contributed by atoms with Gasteiger partial charge in [-0.25, -0.2) is 14.3 Å². The molecule has 7 amide bonds. The van der Waals surface area contributed by atoms with Crippen LogP contribution in [-0.2, 0) is 13.1 Å². The molecule has 4 heterocycles. The number of aryl methyl sites for hydroxylation is 1. The van der Waals surface area contributed by atoms with Crippen LogP contribution in [0.25, 0.3) is 22.3 Å². The van der Waals surface area contributed by atoms with Crippen molar-refractivity contribution in [1.82, 2.24) is 40.1 Å². The number of anilines is 4. The molecular formula is C73H82N12O7. The van der Waals surface area contributed by atoms with Crippen molar-refractivity contribution in [3.8, 4) is 34.4 Å². The second-order valence-corrected chi connectivity index (χ2v) is 23.5. The maximum atomic E-state index is 13.1. The van der Waals surface area contributed by atoms with E-state index in [2.05, 4.69) is 82.0 Å². The van der Waals surface area contributed by atoms with Crippen molar-refractivity contribution in [3.05, 3.63) is 210 Å². The molecule has 7 aromatic carbocycles. The highest BCUT2D eigenvalue weighted by atomic mass is 16.5. The van der Waals surface area contributed by atoms with Crippen molar-refractivity contribution in [2.75, 3.05) is 54.5 Å². The summed E-state index contributed by atoms with van der Waals surface area (Å²) in [4.78, 5) is 68.0. The predicted molar refractivity (Wildman–Crippen MR) is 364 cm³/mol. The highest BCUT2D eigenvalue weighted by molar-refractivity contribution is 6.05. The molecule has 19 heteroatoms. The van der Waals surface area contributed by atoms with Crippen molar-refractivity contribution in [2.45, 2.75) is 105 Å². The standard InChI is InChI=1S/C37H39N5O3.C36H43N7O4/c1-25(2)38-37(44)40-29-12-17-32(18-13-29)45-35-19-14-30(22-26(35)3)39-36(43)27-10-15-31(16-11-27)42-24-28(23-41-20-6-7-21-41)33-8-4-5-9-34(33)42;1-4-26(5-2)39-36(46)40-28-13-18-33(32(23-28)35(45)37-3)47-31-16-11-27(12-17-31)38-34(44)25-9-14-30(15-10-25)43-22-19-29(41-43)24-42-20-7-6-8-21-42/h4-5,8-19,22,24-25H,6-7,20-21,23H2,1-3H3,(H,39,43)(H2,38,40,44);9-19,22-23,26H,4-8,20-21,24H2,1-3H3,(H,37,45)(H,38,44)(H2,39,40,46). The summed E-state index contributed by atoms with van der Waals surface area (Å²) in [5, 5.41) is 25.8. The average molecular weight is 1240 g/mol. The van der Waals surface area contributed by atoms with Crippen LogP contribution in [0.3, 0.4) is 0 Å². The van der Waals surface area contributed by atoms with Crippen LogP contribution in [0.15, 0.2) is 176 Å². The summed E-state index contributed by atoms with van der Waals surface area (Å²) in [7, 11) is 1.53. The molecule has 0 spiro atoms. The number of fused-ring (bicyclic) bond motifs is 1. The summed E-state index contributed by atoms with van der Waals surface area (Å²) < 4.78 is 16.1. The first kappa shape index (κ1) is 64.7. The minimum Gasteiger partial charge on any atom is -0.457 e. The first-order valence-corrected chi connectivity index (χ1v) is 31.8. The fourth-order valence-corrected chi connectivity index (χ4v) is 11.2. The number of rotatable bonds is 21. The summed E-state index contributed by atoms with van der Waals surface area (Å²) in [5.41, 5.74) is 10.1. The largest absolute Gasteiger partial charge is 0.457 e. The molecule has 2 saturated heterocycles. The lowest BCUT2D eigenvalue weighted by molar-refractivity contribution is 0.0959. The normalized spacial score (nSPS) is 13.2. The smallest absolute Gasteiger partial charge is 0.319 e. The number of piperidine rings is 1. The van der Waals surface area contributed by atoms with Crippen LogP contribution in [-0.4, -0.2) is 99.2 Å². The number of nitrogens with one attached hydrogen (secondary N) is 7. The molecule has 0 bridgehead atoms. The van der Waals surface area contributed by atoms with E-state index in [4.69, 9.17) is 14.6 Å².